The van der Waals surface area contributed by atoms with E-state index in [1.165, 1.54) is 18.1 Å². The predicted molar refractivity (Wildman–Crippen MR) is 67.3 cm³/mol. The lowest BCUT2D eigenvalue weighted by Gasteiger charge is -1.99. The van der Waals surface area contributed by atoms with E-state index in [0.717, 1.165) is 18.4 Å². The average Bonchev–Trinajstić information content (AvgIpc) is 2.77. The minimum Gasteiger partial charge on any atom is -0.461 e. The van der Waals surface area contributed by atoms with Gasteiger partial charge in [0, 0.05) is 6.92 Å². The Morgan fingerprint density at radius 3 is 2.35 bits per heavy atom. The quantitative estimate of drug-likeness (QED) is 0.749. The number of ketones is 1. The highest BCUT2D eigenvalue weighted by atomic mass is 16.3. The molecule has 0 bridgehead atoms. The number of benzene rings is 1. The molecule has 1 aromatic carbocycles. The van der Waals surface area contributed by atoms with E-state index in [0.29, 0.717) is 5.76 Å². The Labute approximate surface area is 101 Å². The van der Waals surface area contributed by atoms with Gasteiger partial charge in [-0.1, -0.05) is 29.8 Å². The number of furan rings is 1. The van der Waals surface area contributed by atoms with Crippen molar-refractivity contribution in [2.24, 2.45) is 0 Å². The third-order valence-corrected chi connectivity index (χ3v) is 2.82. The molecule has 2 nitrogen and oxygen atoms in total. The first kappa shape index (κ1) is 11.6. The normalized spacial score (nSPS) is 10.5. The van der Waals surface area contributed by atoms with Gasteiger partial charge in [-0.2, -0.15) is 0 Å². The second kappa shape index (κ2) is 5.00. The van der Waals surface area contributed by atoms with Crippen molar-refractivity contribution < 1.29 is 9.21 Å². The van der Waals surface area contributed by atoms with Gasteiger partial charge in [-0.25, -0.2) is 0 Å². The summed E-state index contributed by atoms with van der Waals surface area (Å²) in [5, 5.41) is 0. The van der Waals surface area contributed by atoms with Crippen LogP contribution in [0.4, 0.5) is 0 Å². The van der Waals surface area contributed by atoms with Gasteiger partial charge in [0.15, 0.2) is 11.5 Å². The molecule has 0 amide bonds. The van der Waals surface area contributed by atoms with Crippen LogP contribution in [0.2, 0.25) is 0 Å². The first-order chi connectivity index (χ1) is 8.15. The van der Waals surface area contributed by atoms with Crippen LogP contribution in [0, 0.1) is 6.92 Å². The Hall–Kier alpha value is -1.83. The summed E-state index contributed by atoms with van der Waals surface area (Å²) in [5.41, 5.74) is 3.66. The molecule has 1 heterocycles. The maximum absolute atomic E-state index is 11.1. The van der Waals surface area contributed by atoms with E-state index in [9.17, 15) is 4.79 Å². The minimum absolute atomic E-state index is 0.0217. The number of hydrogen-bond donors (Lipinski definition) is 0. The topological polar surface area (TPSA) is 30.2 Å². The number of carbonyl (C=O) groups excluding carboxylic acids is 1. The standard InChI is InChI=1S/C15H16O2/c1-11-3-5-13(6-4-11)7-8-14-9-15(12(2)16)17-10-14/h3-6,9-10H,7-8H2,1-2H3. The molecule has 0 atom stereocenters. The Bertz CT molecular complexity index is 506. The van der Waals surface area contributed by atoms with Crippen LogP contribution in [-0.4, -0.2) is 5.78 Å². The third-order valence-electron chi connectivity index (χ3n) is 2.82. The first-order valence-corrected chi connectivity index (χ1v) is 5.79. The highest BCUT2D eigenvalue weighted by Gasteiger charge is 2.05. The number of aryl methyl sites for hydroxylation is 3. The Morgan fingerprint density at radius 1 is 1.12 bits per heavy atom. The molecular weight excluding hydrogens is 212 g/mol. The molecule has 2 aromatic rings. The monoisotopic (exact) mass is 228 g/mol. The molecule has 0 spiro atoms. The van der Waals surface area contributed by atoms with Crippen LogP contribution in [0.15, 0.2) is 41.0 Å². The molecular formula is C15H16O2. The van der Waals surface area contributed by atoms with E-state index < -0.39 is 0 Å². The van der Waals surface area contributed by atoms with Gasteiger partial charge in [0.1, 0.15) is 0 Å². The molecule has 1 aromatic heterocycles. The summed E-state index contributed by atoms with van der Waals surface area (Å²) in [4.78, 5) is 11.1. The zero-order valence-electron chi connectivity index (χ0n) is 10.2. The largest absolute Gasteiger partial charge is 0.461 e. The maximum atomic E-state index is 11.1. The van der Waals surface area contributed by atoms with E-state index in [-0.39, 0.29) is 5.78 Å². The fraction of sp³-hybridized carbons (Fsp3) is 0.267. The van der Waals surface area contributed by atoms with Gasteiger partial charge in [0.05, 0.1) is 6.26 Å². The van der Waals surface area contributed by atoms with Crippen molar-refractivity contribution in [3.63, 3.8) is 0 Å². The van der Waals surface area contributed by atoms with Crippen molar-refractivity contribution in [3.05, 3.63) is 59.0 Å². The SMILES string of the molecule is CC(=O)c1cc(CCc2ccc(C)cc2)co1. The second-order valence-corrected chi connectivity index (χ2v) is 4.36. The van der Waals surface area contributed by atoms with E-state index in [2.05, 4.69) is 31.2 Å². The lowest BCUT2D eigenvalue weighted by molar-refractivity contribution is 0.0987. The molecule has 88 valence electrons. The first-order valence-electron chi connectivity index (χ1n) is 5.79. The van der Waals surface area contributed by atoms with Crippen molar-refractivity contribution in [1.82, 2.24) is 0 Å². The molecule has 0 saturated carbocycles. The van der Waals surface area contributed by atoms with Crippen molar-refractivity contribution in [1.29, 1.82) is 0 Å². The molecule has 0 radical (unpaired) electrons. The molecule has 0 saturated heterocycles. The van der Waals surface area contributed by atoms with Crippen molar-refractivity contribution in [2.45, 2.75) is 26.7 Å². The molecule has 0 aliphatic heterocycles. The van der Waals surface area contributed by atoms with Crippen LogP contribution in [0.5, 0.6) is 0 Å². The zero-order chi connectivity index (χ0) is 12.3. The number of carbonyl (C=O) groups is 1. The second-order valence-electron chi connectivity index (χ2n) is 4.36. The van der Waals surface area contributed by atoms with E-state index in [1.807, 2.05) is 6.07 Å². The van der Waals surface area contributed by atoms with Crippen LogP contribution >= 0.6 is 0 Å². The highest BCUT2D eigenvalue weighted by Crippen LogP contribution is 2.12. The maximum Gasteiger partial charge on any atom is 0.194 e. The fourth-order valence-electron chi connectivity index (χ4n) is 1.73. The van der Waals surface area contributed by atoms with Crippen LogP contribution in [0.3, 0.4) is 0 Å². The molecule has 0 aliphatic carbocycles. The molecule has 0 fully saturated rings. The van der Waals surface area contributed by atoms with E-state index in [1.54, 1.807) is 6.26 Å². The summed E-state index contributed by atoms with van der Waals surface area (Å²) in [7, 11) is 0. The predicted octanol–water partition coefficient (Wildman–Crippen LogP) is 3.58. The van der Waals surface area contributed by atoms with Gasteiger partial charge in [-0.15, -0.1) is 0 Å². The van der Waals surface area contributed by atoms with Crippen molar-refractivity contribution in [2.75, 3.05) is 0 Å². The van der Waals surface area contributed by atoms with Gasteiger partial charge < -0.3 is 4.42 Å². The summed E-state index contributed by atoms with van der Waals surface area (Å²) >= 11 is 0. The summed E-state index contributed by atoms with van der Waals surface area (Å²) in [6, 6.07) is 10.3. The van der Waals surface area contributed by atoms with Crippen LogP contribution in [-0.2, 0) is 12.8 Å². The van der Waals surface area contributed by atoms with Crippen molar-refractivity contribution >= 4 is 5.78 Å². The number of Topliss-reactive ketones (excluding diaryl/α,β-unsaturated/α-hetero) is 1. The summed E-state index contributed by atoms with van der Waals surface area (Å²) in [6.07, 6.45) is 3.54. The van der Waals surface area contributed by atoms with E-state index >= 15 is 0 Å². The molecule has 0 unspecified atom stereocenters. The molecule has 17 heavy (non-hydrogen) atoms. The smallest absolute Gasteiger partial charge is 0.194 e. The molecule has 0 aliphatic rings. The molecule has 0 N–H and O–H groups in total. The Morgan fingerprint density at radius 2 is 1.76 bits per heavy atom. The molecule has 2 rings (SSSR count). The summed E-state index contributed by atoms with van der Waals surface area (Å²) in [5.74, 6) is 0.426. The van der Waals surface area contributed by atoms with Gasteiger partial charge in [-0.3, -0.25) is 4.79 Å². The highest BCUT2D eigenvalue weighted by molar-refractivity contribution is 5.91. The number of hydrogen-bond acceptors (Lipinski definition) is 2. The zero-order valence-corrected chi connectivity index (χ0v) is 10.2. The average molecular weight is 228 g/mol. The van der Waals surface area contributed by atoms with Gasteiger partial charge in [0.2, 0.25) is 0 Å². The lowest BCUT2D eigenvalue weighted by Crippen LogP contribution is -1.90. The van der Waals surface area contributed by atoms with Gasteiger partial charge in [0.25, 0.3) is 0 Å². The van der Waals surface area contributed by atoms with E-state index in [4.69, 9.17) is 4.42 Å². The summed E-state index contributed by atoms with van der Waals surface area (Å²) < 4.78 is 5.18. The number of rotatable bonds is 4. The Balaban J connectivity index is 1.97. The van der Waals surface area contributed by atoms with Crippen LogP contribution in [0.1, 0.15) is 34.2 Å². The minimum atomic E-state index is -0.0217. The molecule has 2 heteroatoms. The summed E-state index contributed by atoms with van der Waals surface area (Å²) in [6.45, 7) is 3.60. The van der Waals surface area contributed by atoms with Crippen LogP contribution in [0.25, 0.3) is 0 Å². The van der Waals surface area contributed by atoms with Gasteiger partial charge in [-0.05, 0) is 37.0 Å². The lowest BCUT2D eigenvalue weighted by atomic mass is 10.1. The van der Waals surface area contributed by atoms with Crippen molar-refractivity contribution in [3.8, 4) is 0 Å². The third kappa shape index (κ3) is 3.06. The van der Waals surface area contributed by atoms with Gasteiger partial charge >= 0.3 is 0 Å². The Kier molecular flexibility index (Phi) is 3.43. The van der Waals surface area contributed by atoms with Crippen LogP contribution < -0.4 is 0 Å². The fourth-order valence-corrected chi connectivity index (χ4v) is 1.73.